The monoisotopic (exact) mass is 318 g/mol. The summed E-state index contributed by atoms with van der Waals surface area (Å²) in [6.45, 7) is 3.50. The van der Waals surface area contributed by atoms with Gasteiger partial charge in [0.15, 0.2) is 5.11 Å². The fourth-order valence-corrected chi connectivity index (χ4v) is 2.60. The van der Waals surface area contributed by atoms with Gasteiger partial charge in [0.2, 0.25) is 5.91 Å². The highest BCUT2D eigenvalue weighted by Crippen LogP contribution is 2.10. The lowest BCUT2D eigenvalue weighted by atomic mass is 10.2. The van der Waals surface area contributed by atoms with Crippen LogP contribution in [-0.4, -0.2) is 35.2 Å². The first-order valence-electron chi connectivity index (χ1n) is 7.61. The van der Waals surface area contributed by atoms with Crippen LogP contribution in [0.15, 0.2) is 29.4 Å². The molecule has 0 atom stereocenters. The van der Waals surface area contributed by atoms with E-state index in [-0.39, 0.29) is 5.91 Å². The van der Waals surface area contributed by atoms with Gasteiger partial charge in [0, 0.05) is 25.7 Å². The molecule has 6 heteroatoms. The van der Waals surface area contributed by atoms with Crippen molar-refractivity contribution < 1.29 is 4.79 Å². The molecule has 0 spiro atoms. The van der Waals surface area contributed by atoms with Crippen molar-refractivity contribution in [3.63, 3.8) is 0 Å². The molecule has 5 nitrogen and oxygen atoms in total. The predicted molar refractivity (Wildman–Crippen MR) is 94.1 cm³/mol. The van der Waals surface area contributed by atoms with Gasteiger partial charge in [-0.1, -0.05) is 25.0 Å². The molecule has 2 N–H and O–H groups in total. The third kappa shape index (κ3) is 5.44. The van der Waals surface area contributed by atoms with E-state index in [0.717, 1.165) is 24.3 Å². The van der Waals surface area contributed by atoms with Gasteiger partial charge in [-0.2, -0.15) is 5.10 Å². The topological polar surface area (TPSA) is 56.7 Å². The first-order valence-corrected chi connectivity index (χ1v) is 8.01. The van der Waals surface area contributed by atoms with Crippen LogP contribution in [-0.2, 0) is 4.79 Å². The van der Waals surface area contributed by atoms with E-state index < -0.39 is 0 Å². The molecule has 1 aliphatic rings. The van der Waals surface area contributed by atoms with Crippen molar-refractivity contribution in [3.8, 4) is 0 Å². The molecule has 1 aliphatic heterocycles. The number of nitrogens with zero attached hydrogens (tertiary/aromatic N) is 2. The van der Waals surface area contributed by atoms with Gasteiger partial charge >= 0.3 is 0 Å². The van der Waals surface area contributed by atoms with Crippen LogP contribution in [0.2, 0.25) is 0 Å². The highest BCUT2D eigenvalue weighted by atomic mass is 32.1. The molecule has 1 aromatic rings. The smallest absolute Gasteiger partial charge is 0.221 e. The van der Waals surface area contributed by atoms with Crippen LogP contribution < -0.4 is 10.7 Å². The average Bonchev–Trinajstić information content (AvgIpc) is 2.77. The second kappa shape index (κ2) is 8.48. The third-order valence-electron chi connectivity index (χ3n) is 3.50. The zero-order chi connectivity index (χ0) is 15.8. The standard InChI is InChI=1S/C16H22N4OS/c1-13(21)18-15-8-6-14(7-9-15)12-17-19-16(22)20-10-4-2-3-5-11-20/h6-9,12H,2-5,10-11H2,1H3,(H,18,21)(H,19,22)/b17-12+. The summed E-state index contributed by atoms with van der Waals surface area (Å²) in [5.41, 5.74) is 4.65. The Labute approximate surface area is 136 Å². The van der Waals surface area contributed by atoms with Crippen molar-refractivity contribution in [1.82, 2.24) is 10.3 Å². The molecular formula is C16H22N4OS. The minimum atomic E-state index is -0.0779. The van der Waals surface area contributed by atoms with Crippen LogP contribution in [0.5, 0.6) is 0 Å². The molecule has 22 heavy (non-hydrogen) atoms. The molecule has 1 fully saturated rings. The molecule has 1 aromatic carbocycles. The number of amides is 1. The summed E-state index contributed by atoms with van der Waals surface area (Å²) in [4.78, 5) is 13.1. The van der Waals surface area contributed by atoms with Crippen molar-refractivity contribution >= 4 is 35.1 Å². The zero-order valence-electron chi connectivity index (χ0n) is 12.8. The Morgan fingerprint density at radius 2 is 1.82 bits per heavy atom. The van der Waals surface area contributed by atoms with E-state index in [0.29, 0.717) is 5.11 Å². The maximum Gasteiger partial charge on any atom is 0.221 e. The predicted octanol–water partition coefficient (Wildman–Crippen LogP) is 2.73. The van der Waals surface area contributed by atoms with Gasteiger partial charge in [0.05, 0.1) is 6.21 Å². The maximum atomic E-state index is 11.0. The van der Waals surface area contributed by atoms with E-state index in [9.17, 15) is 4.79 Å². The molecule has 118 valence electrons. The van der Waals surface area contributed by atoms with E-state index in [1.165, 1.54) is 32.6 Å². The van der Waals surface area contributed by atoms with Crippen LogP contribution in [0, 0.1) is 0 Å². The number of rotatable bonds is 3. The van der Waals surface area contributed by atoms with E-state index in [1.807, 2.05) is 24.3 Å². The number of benzene rings is 1. The van der Waals surface area contributed by atoms with Gasteiger partial charge in [-0.15, -0.1) is 0 Å². The molecule has 2 rings (SSSR count). The SMILES string of the molecule is CC(=O)Nc1ccc(/C=N/NC(=S)N2CCCCCC2)cc1. The molecule has 1 saturated heterocycles. The molecule has 0 bridgehead atoms. The lowest BCUT2D eigenvalue weighted by Crippen LogP contribution is -2.38. The number of likely N-dealkylation sites (tertiary alicyclic amines) is 1. The molecule has 0 unspecified atom stereocenters. The van der Waals surface area contributed by atoms with Crippen LogP contribution in [0.25, 0.3) is 0 Å². The van der Waals surface area contributed by atoms with Crippen LogP contribution in [0.4, 0.5) is 5.69 Å². The fraction of sp³-hybridized carbons (Fsp3) is 0.438. The summed E-state index contributed by atoms with van der Waals surface area (Å²) in [5.74, 6) is -0.0779. The van der Waals surface area contributed by atoms with Crippen molar-refractivity contribution in [2.45, 2.75) is 32.6 Å². The zero-order valence-corrected chi connectivity index (χ0v) is 13.7. The molecule has 0 radical (unpaired) electrons. The van der Waals surface area contributed by atoms with E-state index in [2.05, 4.69) is 20.7 Å². The minimum Gasteiger partial charge on any atom is -0.348 e. The summed E-state index contributed by atoms with van der Waals surface area (Å²) < 4.78 is 0. The first-order chi connectivity index (χ1) is 10.6. The van der Waals surface area contributed by atoms with Gasteiger partial charge in [0.25, 0.3) is 0 Å². The van der Waals surface area contributed by atoms with Crippen LogP contribution >= 0.6 is 12.2 Å². The quantitative estimate of drug-likeness (QED) is 0.511. The first kappa shape index (κ1) is 16.4. The Morgan fingerprint density at radius 3 is 2.41 bits per heavy atom. The number of hydrogen-bond donors (Lipinski definition) is 2. The second-order valence-corrected chi connectivity index (χ2v) is 5.77. The normalized spacial score (nSPS) is 15.4. The Bertz CT molecular complexity index is 534. The van der Waals surface area contributed by atoms with Crippen molar-refractivity contribution in [2.75, 3.05) is 18.4 Å². The number of thiocarbonyl (C=S) groups is 1. The summed E-state index contributed by atoms with van der Waals surface area (Å²) in [5, 5.41) is 7.61. The number of carbonyl (C=O) groups is 1. The highest BCUT2D eigenvalue weighted by Gasteiger charge is 2.11. The Morgan fingerprint density at radius 1 is 1.18 bits per heavy atom. The summed E-state index contributed by atoms with van der Waals surface area (Å²) in [6, 6.07) is 7.47. The number of anilines is 1. The molecule has 0 saturated carbocycles. The van der Waals surface area contributed by atoms with Gasteiger partial charge in [-0.25, -0.2) is 0 Å². The van der Waals surface area contributed by atoms with Crippen molar-refractivity contribution in [2.24, 2.45) is 5.10 Å². The molecule has 1 amide bonds. The Kier molecular flexibility index (Phi) is 6.33. The summed E-state index contributed by atoms with van der Waals surface area (Å²) in [6.07, 6.45) is 6.67. The largest absolute Gasteiger partial charge is 0.348 e. The van der Waals surface area contributed by atoms with Gasteiger partial charge in [-0.05, 0) is 42.8 Å². The lowest BCUT2D eigenvalue weighted by Gasteiger charge is -2.21. The maximum absolute atomic E-state index is 11.0. The van der Waals surface area contributed by atoms with Gasteiger partial charge in [-0.3, -0.25) is 10.2 Å². The number of hydrazone groups is 1. The molecule has 1 heterocycles. The second-order valence-electron chi connectivity index (χ2n) is 5.38. The summed E-state index contributed by atoms with van der Waals surface area (Å²) >= 11 is 5.37. The van der Waals surface area contributed by atoms with Crippen molar-refractivity contribution in [3.05, 3.63) is 29.8 Å². The molecule has 0 aromatic heterocycles. The molecular weight excluding hydrogens is 296 g/mol. The lowest BCUT2D eigenvalue weighted by molar-refractivity contribution is -0.114. The van der Waals surface area contributed by atoms with Crippen molar-refractivity contribution in [1.29, 1.82) is 0 Å². The summed E-state index contributed by atoms with van der Waals surface area (Å²) in [7, 11) is 0. The molecule has 0 aliphatic carbocycles. The third-order valence-corrected chi connectivity index (χ3v) is 3.85. The highest BCUT2D eigenvalue weighted by molar-refractivity contribution is 7.80. The van der Waals surface area contributed by atoms with Crippen LogP contribution in [0.3, 0.4) is 0 Å². The average molecular weight is 318 g/mol. The fourth-order valence-electron chi connectivity index (χ4n) is 2.36. The van der Waals surface area contributed by atoms with E-state index in [4.69, 9.17) is 12.2 Å². The number of nitrogens with one attached hydrogen (secondary N) is 2. The van der Waals surface area contributed by atoms with E-state index >= 15 is 0 Å². The van der Waals surface area contributed by atoms with Crippen LogP contribution in [0.1, 0.15) is 38.2 Å². The Hall–Kier alpha value is -1.95. The van der Waals surface area contributed by atoms with E-state index in [1.54, 1.807) is 6.21 Å². The number of hydrogen-bond acceptors (Lipinski definition) is 3. The van der Waals surface area contributed by atoms with Gasteiger partial charge < -0.3 is 10.2 Å². The number of carbonyl (C=O) groups excluding carboxylic acids is 1. The minimum absolute atomic E-state index is 0.0779. The Balaban J connectivity index is 1.83. The van der Waals surface area contributed by atoms with Gasteiger partial charge in [0.1, 0.15) is 0 Å².